The van der Waals surface area contributed by atoms with Crippen molar-refractivity contribution < 1.29 is 22.4 Å². The number of alkyl halides is 3. The third kappa shape index (κ3) is 4.14. The molecule has 2 aromatic heterocycles. The van der Waals surface area contributed by atoms with Gasteiger partial charge in [-0.05, 0) is 42.8 Å². The molecular weight excluding hydrogens is 412 g/mol. The normalized spacial score (nSPS) is 12.6. The van der Waals surface area contributed by atoms with E-state index < -0.39 is 23.1 Å². The minimum atomic E-state index is -4.89. The van der Waals surface area contributed by atoms with Crippen molar-refractivity contribution in [3.63, 3.8) is 0 Å². The molecule has 4 nitrogen and oxygen atoms in total. The summed E-state index contributed by atoms with van der Waals surface area (Å²) in [6, 6.07) is 4.18. The van der Waals surface area contributed by atoms with Crippen LogP contribution in [0, 0.1) is 5.82 Å². The average molecular weight is 430 g/mol. The fraction of sp³-hybridized carbons (Fsp3) is 0.130. The molecule has 3 rings (SSSR count). The zero-order chi connectivity index (χ0) is 22.8. The Balaban J connectivity index is 2.42. The summed E-state index contributed by atoms with van der Waals surface area (Å²) in [5.74, 6) is -1.40. The molecule has 2 heterocycles. The lowest BCUT2D eigenvalue weighted by atomic mass is 10.0. The highest BCUT2D eigenvalue weighted by Gasteiger charge is 2.34. The number of carbonyl (C=O) groups excluding carboxylic acids is 1. The first kappa shape index (κ1) is 22.0. The molecule has 3 aromatic rings. The van der Waals surface area contributed by atoms with E-state index in [-0.39, 0.29) is 23.1 Å². The lowest BCUT2D eigenvalue weighted by molar-refractivity contribution is -0.139. The monoisotopic (exact) mass is 430 g/mol. The number of pyridine rings is 1. The Morgan fingerprint density at radius 2 is 1.97 bits per heavy atom. The quantitative estimate of drug-likeness (QED) is 0.297. The minimum Gasteiger partial charge on any atom is -0.316 e. The number of rotatable bonds is 6. The maximum absolute atomic E-state index is 13.8. The number of halogens is 4. The molecule has 0 radical (unpaired) electrons. The Morgan fingerprint density at radius 1 is 1.23 bits per heavy atom. The van der Waals surface area contributed by atoms with Crippen LogP contribution in [0.3, 0.4) is 0 Å². The highest BCUT2D eigenvalue weighted by Crippen LogP contribution is 2.37. The lowest BCUT2D eigenvalue weighted by Gasteiger charge is -2.10. The first-order valence-corrected chi connectivity index (χ1v) is 9.24. The van der Waals surface area contributed by atoms with Gasteiger partial charge in [-0.25, -0.2) is 4.39 Å². The molecule has 0 fully saturated rings. The SMILES string of the molecule is C=C/C=C(\C=C/C)n1cc(-c2ccc(F)c(C(F)(F)F)c2)c2c(=O)n(CC=O)ccc21. The van der Waals surface area contributed by atoms with Crippen LogP contribution in [0.1, 0.15) is 12.5 Å². The van der Waals surface area contributed by atoms with Gasteiger partial charge in [0.05, 0.1) is 23.0 Å². The molecule has 0 aliphatic rings. The number of fused-ring (bicyclic) bond motifs is 1. The van der Waals surface area contributed by atoms with Crippen LogP contribution >= 0.6 is 0 Å². The second-order valence-corrected chi connectivity index (χ2v) is 6.63. The van der Waals surface area contributed by atoms with E-state index >= 15 is 0 Å². The van der Waals surface area contributed by atoms with Crippen LogP contribution in [0.4, 0.5) is 17.6 Å². The van der Waals surface area contributed by atoms with Gasteiger partial charge in [-0.3, -0.25) is 4.79 Å². The molecule has 0 atom stereocenters. The van der Waals surface area contributed by atoms with Crippen LogP contribution < -0.4 is 5.56 Å². The molecule has 31 heavy (non-hydrogen) atoms. The van der Waals surface area contributed by atoms with Gasteiger partial charge in [-0.2, -0.15) is 13.2 Å². The smallest absolute Gasteiger partial charge is 0.316 e. The van der Waals surface area contributed by atoms with Crippen molar-refractivity contribution in [2.75, 3.05) is 0 Å². The Kier molecular flexibility index (Phi) is 6.10. The van der Waals surface area contributed by atoms with Crippen LogP contribution in [-0.2, 0) is 17.5 Å². The first-order valence-electron chi connectivity index (χ1n) is 9.24. The molecule has 1 aromatic carbocycles. The summed E-state index contributed by atoms with van der Waals surface area (Å²) in [5, 5.41) is 0.114. The van der Waals surface area contributed by atoms with Gasteiger partial charge in [-0.15, -0.1) is 0 Å². The van der Waals surface area contributed by atoms with Gasteiger partial charge in [0.25, 0.3) is 5.56 Å². The van der Waals surface area contributed by atoms with Gasteiger partial charge >= 0.3 is 6.18 Å². The topological polar surface area (TPSA) is 44.0 Å². The van der Waals surface area contributed by atoms with Crippen LogP contribution in [0.15, 0.2) is 72.3 Å². The van der Waals surface area contributed by atoms with E-state index in [9.17, 15) is 27.2 Å². The molecule has 0 spiro atoms. The van der Waals surface area contributed by atoms with Gasteiger partial charge in [0.15, 0.2) is 0 Å². The maximum atomic E-state index is 13.8. The third-order valence-electron chi connectivity index (χ3n) is 4.69. The van der Waals surface area contributed by atoms with Gasteiger partial charge in [-0.1, -0.05) is 24.8 Å². The number of aromatic nitrogens is 2. The summed E-state index contributed by atoms with van der Waals surface area (Å²) in [6.45, 7) is 5.24. The van der Waals surface area contributed by atoms with Gasteiger partial charge in [0.2, 0.25) is 0 Å². The Hall–Kier alpha value is -3.68. The van der Waals surface area contributed by atoms with Gasteiger partial charge in [0.1, 0.15) is 12.1 Å². The van der Waals surface area contributed by atoms with Crippen LogP contribution in [-0.4, -0.2) is 15.4 Å². The fourth-order valence-corrected chi connectivity index (χ4v) is 3.36. The summed E-state index contributed by atoms with van der Waals surface area (Å²) >= 11 is 0. The van der Waals surface area contributed by atoms with Crippen molar-refractivity contribution in [2.45, 2.75) is 19.6 Å². The second kappa shape index (κ2) is 8.59. The Morgan fingerprint density at radius 3 is 2.58 bits per heavy atom. The number of benzene rings is 1. The molecule has 0 saturated heterocycles. The molecule has 0 bridgehead atoms. The standard InChI is InChI=1S/C23H18F4N2O2/c1-3-5-16(6-4-2)29-14-17(15-7-8-19(24)18(13-15)23(25,26)27)21-20(29)9-10-28(11-12-30)22(21)31/h3-10,12-14H,1,11H2,2H3/b6-4-,16-5+. The molecule has 0 saturated carbocycles. The van der Waals surface area contributed by atoms with Crippen molar-refractivity contribution >= 4 is 22.9 Å². The van der Waals surface area contributed by atoms with Gasteiger partial charge < -0.3 is 13.9 Å². The molecule has 0 unspecified atom stereocenters. The molecule has 0 aliphatic heterocycles. The predicted octanol–water partition coefficient (Wildman–Crippen LogP) is 5.43. The average Bonchev–Trinajstić information content (AvgIpc) is 3.10. The zero-order valence-electron chi connectivity index (χ0n) is 16.5. The zero-order valence-corrected chi connectivity index (χ0v) is 16.5. The summed E-state index contributed by atoms with van der Waals surface area (Å²) in [6.07, 6.45) is 5.32. The van der Waals surface area contributed by atoms with Crippen molar-refractivity contribution in [3.05, 3.63) is 89.3 Å². The summed E-state index contributed by atoms with van der Waals surface area (Å²) in [4.78, 5) is 24.0. The number of aldehydes is 1. The van der Waals surface area contributed by atoms with Crippen molar-refractivity contribution in [1.82, 2.24) is 9.13 Å². The summed E-state index contributed by atoms with van der Waals surface area (Å²) in [5.41, 5.74) is -0.729. The minimum absolute atomic E-state index is 0.0249. The molecule has 0 amide bonds. The maximum Gasteiger partial charge on any atom is 0.419 e. The van der Waals surface area contributed by atoms with E-state index in [2.05, 4.69) is 6.58 Å². The van der Waals surface area contributed by atoms with E-state index in [1.54, 1.807) is 35.8 Å². The number of carbonyl (C=O) groups is 1. The highest BCUT2D eigenvalue weighted by molar-refractivity contribution is 5.98. The van der Waals surface area contributed by atoms with Crippen molar-refractivity contribution in [2.24, 2.45) is 0 Å². The Labute approximate surface area is 175 Å². The first-order chi connectivity index (χ1) is 14.7. The van der Waals surface area contributed by atoms with Gasteiger partial charge in [0, 0.05) is 23.7 Å². The predicted molar refractivity (Wildman–Crippen MR) is 112 cm³/mol. The second-order valence-electron chi connectivity index (χ2n) is 6.63. The molecule has 0 aliphatic carbocycles. The highest BCUT2D eigenvalue weighted by atomic mass is 19.4. The number of allylic oxidation sites excluding steroid dienone is 5. The molecule has 0 N–H and O–H groups in total. The van der Waals surface area contributed by atoms with Crippen LogP contribution in [0.2, 0.25) is 0 Å². The fourth-order valence-electron chi connectivity index (χ4n) is 3.36. The molecule has 8 heteroatoms. The molecule has 160 valence electrons. The third-order valence-corrected chi connectivity index (χ3v) is 4.69. The van der Waals surface area contributed by atoms with Crippen LogP contribution in [0.25, 0.3) is 27.7 Å². The Bertz CT molecular complexity index is 1280. The van der Waals surface area contributed by atoms with Crippen molar-refractivity contribution in [1.29, 1.82) is 0 Å². The number of hydrogen-bond donors (Lipinski definition) is 0. The van der Waals surface area contributed by atoms with Crippen LogP contribution in [0.5, 0.6) is 0 Å². The lowest BCUT2D eigenvalue weighted by Crippen LogP contribution is -2.20. The summed E-state index contributed by atoms with van der Waals surface area (Å²) in [7, 11) is 0. The van der Waals surface area contributed by atoms with E-state index in [1.165, 1.54) is 24.5 Å². The van der Waals surface area contributed by atoms with E-state index in [0.29, 0.717) is 23.6 Å². The largest absolute Gasteiger partial charge is 0.419 e. The molecular formula is C23H18F4N2O2. The number of hydrogen-bond acceptors (Lipinski definition) is 2. The van der Waals surface area contributed by atoms with E-state index in [4.69, 9.17) is 0 Å². The van der Waals surface area contributed by atoms with E-state index in [1.807, 2.05) is 0 Å². The van der Waals surface area contributed by atoms with Crippen molar-refractivity contribution in [3.8, 4) is 11.1 Å². The number of nitrogens with zero attached hydrogens (tertiary/aromatic N) is 2. The summed E-state index contributed by atoms with van der Waals surface area (Å²) < 4.78 is 56.4. The van der Waals surface area contributed by atoms with E-state index in [0.717, 1.165) is 10.6 Å².